The van der Waals surface area contributed by atoms with Crippen molar-refractivity contribution in [3.05, 3.63) is 0 Å². The number of hydrogen-bond donors (Lipinski definition) is 1. The molecule has 3 nitrogen and oxygen atoms in total. The highest BCUT2D eigenvalue weighted by molar-refractivity contribution is 5.73. The average molecular weight is 213 g/mol. The van der Waals surface area contributed by atoms with Gasteiger partial charge in [-0.2, -0.15) is 0 Å². The molecule has 3 atom stereocenters. The Labute approximate surface area is 92.5 Å². The summed E-state index contributed by atoms with van der Waals surface area (Å²) in [4.78, 5) is 13.4. The van der Waals surface area contributed by atoms with Gasteiger partial charge in [0.15, 0.2) is 0 Å². The van der Waals surface area contributed by atoms with E-state index >= 15 is 0 Å². The Kier molecular flexibility index (Phi) is 4.14. The summed E-state index contributed by atoms with van der Waals surface area (Å²) in [5.41, 5.74) is 0. The summed E-state index contributed by atoms with van der Waals surface area (Å²) in [5.74, 6) is 0.745. The minimum Gasteiger partial charge on any atom is -0.480 e. The summed E-state index contributed by atoms with van der Waals surface area (Å²) >= 11 is 0. The zero-order valence-corrected chi connectivity index (χ0v) is 10.2. The summed E-state index contributed by atoms with van der Waals surface area (Å²) < 4.78 is 0. The van der Waals surface area contributed by atoms with Gasteiger partial charge in [-0.05, 0) is 24.2 Å². The molecular formula is C12H23NO2. The van der Waals surface area contributed by atoms with E-state index < -0.39 is 5.97 Å². The number of piperidine rings is 1. The van der Waals surface area contributed by atoms with Gasteiger partial charge >= 0.3 is 5.97 Å². The molecule has 0 radical (unpaired) electrons. The van der Waals surface area contributed by atoms with Crippen LogP contribution in [-0.2, 0) is 4.79 Å². The highest BCUT2D eigenvalue weighted by Gasteiger charge is 2.33. The van der Waals surface area contributed by atoms with E-state index in [-0.39, 0.29) is 12.0 Å². The van der Waals surface area contributed by atoms with Crippen LogP contribution in [0.3, 0.4) is 0 Å². The molecule has 0 aromatic heterocycles. The Morgan fingerprint density at radius 3 is 2.07 bits per heavy atom. The van der Waals surface area contributed by atoms with Crippen molar-refractivity contribution in [2.24, 2.45) is 17.8 Å². The molecule has 1 aliphatic rings. The normalized spacial score (nSPS) is 30.5. The molecule has 0 aromatic rings. The van der Waals surface area contributed by atoms with Crippen LogP contribution in [0.1, 0.15) is 34.1 Å². The average Bonchev–Trinajstić information content (AvgIpc) is 1.99. The maximum atomic E-state index is 11.2. The van der Waals surface area contributed by atoms with Gasteiger partial charge in [-0.15, -0.1) is 0 Å². The largest absolute Gasteiger partial charge is 0.480 e. The van der Waals surface area contributed by atoms with Crippen molar-refractivity contribution in [1.29, 1.82) is 0 Å². The van der Waals surface area contributed by atoms with Crippen molar-refractivity contribution in [3.63, 3.8) is 0 Å². The number of carboxylic acid groups (broad SMARTS) is 1. The fraction of sp³-hybridized carbons (Fsp3) is 0.917. The van der Waals surface area contributed by atoms with Crippen molar-refractivity contribution in [1.82, 2.24) is 4.90 Å². The third-order valence-electron chi connectivity index (χ3n) is 3.17. The number of likely N-dealkylation sites (tertiary alicyclic amines) is 1. The van der Waals surface area contributed by atoms with Gasteiger partial charge in [0, 0.05) is 13.1 Å². The molecule has 1 N–H and O–H groups in total. The van der Waals surface area contributed by atoms with Gasteiger partial charge in [-0.1, -0.05) is 27.7 Å². The lowest BCUT2D eigenvalue weighted by Gasteiger charge is -2.39. The Bertz CT molecular complexity index is 218. The molecule has 3 heteroatoms. The van der Waals surface area contributed by atoms with E-state index in [1.807, 2.05) is 13.8 Å². The SMILES string of the molecule is CC(C)[C@H](C(=O)O)N1C[C@H](C)C[C@H](C)C1. The Morgan fingerprint density at radius 2 is 1.73 bits per heavy atom. The van der Waals surface area contributed by atoms with Crippen LogP contribution in [0.2, 0.25) is 0 Å². The molecule has 1 saturated heterocycles. The predicted molar refractivity (Wildman–Crippen MR) is 60.8 cm³/mol. The van der Waals surface area contributed by atoms with E-state index in [2.05, 4.69) is 18.7 Å². The molecule has 0 unspecified atom stereocenters. The molecule has 1 aliphatic heterocycles. The fourth-order valence-corrected chi connectivity index (χ4v) is 2.80. The number of hydrogen-bond acceptors (Lipinski definition) is 2. The van der Waals surface area contributed by atoms with E-state index in [0.717, 1.165) is 13.1 Å². The van der Waals surface area contributed by atoms with E-state index in [0.29, 0.717) is 11.8 Å². The molecule has 15 heavy (non-hydrogen) atoms. The highest BCUT2D eigenvalue weighted by Crippen LogP contribution is 2.25. The molecule has 0 aromatic carbocycles. The molecular weight excluding hydrogens is 190 g/mol. The first-order valence-corrected chi connectivity index (χ1v) is 5.88. The number of rotatable bonds is 3. The van der Waals surface area contributed by atoms with Gasteiger partial charge in [0.2, 0.25) is 0 Å². The maximum absolute atomic E-state index is 11.2. The highest BCUT2D eigenvalue weighted by atomic mass is 16.4. The van der Waals surface area contributed by atoms with E-state index in [1.54, 1.807) is 0 Å². The second kappa shape index (κ2) is 4.97. The fourth-order valence-electron chi connectivity index (χ4n) is 2.80. The molecule has 0 amide bonds. The topological polar surface area (TPSA) is 40.5 Å². The monoisotopic (exact) mass is 213 g/mol. The van der Waals surface area contributed by atoms with Crippen LogP contribution in [0.25, 0.3) is 0 Å². The van der Waals surface area contributed by atoms with Gasteiger partial charge in [0.25, 0.3) is 0 Å². The Balaban J connectivity index is 2.70. The summed E-state index contributed by atoms with van der Waals surface area (Å²) in [5, 5.41) is 9.23. The Morgan fingerprint density at radius 1 is 1.27 bits per heavy atom. The minimum absolute atomic E-state index is 0.181. The second-order valence-electron chi connectivity index (χ2n) is 5.43. The van der Waals surface area contributed by atoms with Crippen LogP contribution < -0.4 is 0 Å². The van der Waals surface area contributed by atoms with Crippen molar-refractivity contribution in [2.45, 2.75) is 40.2 Å². The lowest BCUT2D eigenvalue weighted by Crippen LogP contribution is -2.50. The van der Waals surface area contributed by atoms with Crippen LogP contribution in [0.15, 0.2) is 0 Å². The molecule has 1 heterocycles. The van der Waals surface area contributed by atoms with Crippen LogP contribution in [0, 0.1) is 17.8 Å². The molecule has 0 aliphatic carbocycles. The van der Waals surface area contributed by atoms with Crippen molar-refractivity contribution in [2.75, 3.05) is 13.1 Å². The number of nitrogens with zero attached hydrogens (tertiary/aromatic N) is 1. The first-order valence-electron chi connectivity index (χ1n) is 5.88. The zero-order chi connectivity index (χ0) is 11.6. The molecule has 88 valence electrons. The summed E-state index contributed by atoms with van der Waals surface area (Å²) in [6, 6.07) is -0.310. The van der Waals surface area contributed by atoms with Gasteiger partial charge in [-0.25, -0.2) is 0 Å². The standard InChI is InChI=1S/C12H23NO2/c1-8(2)11(12(14)15)13-6-9(3)5-10(4)7-13/h8-11H,5-7H2,1-4H3,(H,14,15)/t9-,10+,11-/m1/s1. The van der Waals surface area contributed by atoms with Gasteiger partial charge in [0.05, 0.1) is 0 Å². The summed E-state index contributed by atoms with van der Waals surface area (Å²) in [6.45, 7) is 10.3. The lowest BCUT2D eigenvalue weighted by atomic mass is 9.89. The minimum atomic E-state index is -0.675. The van der Waals surface area contributed by atoms with Gasteiger partial charge in [-0.3, -0.25) is 9.69 Å². The third-order valence-corrected chi connectivity index (χ3v) is 3.17. The van der Waals surface area contributed by atoms with Crippen molar-refractivity contribution in [3.8, 4) is 0 Å². The third kappa shape index (κ3) is 3.20. The zero-order valence-electron chi connectivity index (χ0n) is 10.2. The molecule has 0 bridgehead atoms. The van der Waals surface area contributed by atoms with Crippen molar-refractivity contribution >= 4 is 5.97 Å². The smallest absolute Gasteiger partial charge is 0.321 e. The number of carbonyl (C=O) groups is 1. The molecule has 1 fully saturated rings. The van der Waals surface area contributed by atoms with Crippen molar-refractivity contribution < 1.29 is 9.90 Å². The second-order valence-corrected chi connectivity index (χ2v) is 5.43. The van der Waals surface area contributed by atoms with Crippen LogP contribution in [0.4, 0.5) is 0 Å². The Hall–Kier alpha value is -0.570. The van der Waals surface area contributed by atoms with Crippen LogP contribution >= 0.6 is 0 Å². The van der Waals surface area contributed by atoms with E-state index in [9.17, 15) is 9.90 Å². The first-order chi connectivity index (χ1) is 6.91. The number of carboxylic acids is 1. The lowest BCUT2D eigenvalue weighted by molar-refractivity contribution is -0.146. The predicted octanol–water partition coefficient (Wildman–Crippen LogP) is 2.07. The molecule has 0 saturated carbocycles. The molecule has 1 rings (SSSR count). The van der Waals surface area contributed by atoms with Gasteiger partial charge < -0.3 is 5.11 Å². The quantitative estimate of drug-likeness (QED) is 0.780. The molecule has 0 spiro atoms. The van der Waals surface area contributed by atoms with Crippen LogP contribution in [-0.4, -0.2) is 35.1 Å². The maximum Gasteiger partial charge on any atom is 0.321 e. The van der Waals surface area contributed by atoms with Crippen LogP contribution in [0.5, 0.6) is 0 Å². The van der Waals surface area contributed by atoms with E-state index in [4.69, 9.17) is 0 Å². The van der Waals surface area contributed by atoms with Gasteiger partial charge in [0.1, 0.15) is 6.04 Å². The summed E-state index contributed by atoms with van der Waals surface area (Å²) in [6.07, 6.45) is 1.22. The first kappa shape index (κ1) is 12.5. The summed E-state index contributed by atoms with van der Waals surface area (Å²) in [7, 11) is 0. The van der Waals surface area contributed by atoms with E-state index in [1.165, 1.54) is 6.42 Å². The number of aliphatic carboxylic acids is 1.